The predicted octanol–water partition coefficient (Wildman–Crippen LogP) is 4.95. The molecule has 2 aromatic rings. The third kappa shape index (κ3) is 3.90. The number of halogens is 2. The summed E-state index contributed by atoms with van der Waals surface area (Å²) in [5.41, 5.74) is 9.49. The van der Waals surface area contributed by atoms with Crippen LogP contribution in [0.1, 0.15) is 42.5 Å². The lowest BCUT2D eigenvalue weighted by Gasteiger charge is -2.14. The van der Waals surface area contributed by atoms with Gasteiger partial charge in [0.25, 0.3) is 0 Å². The molecule has 0 saturated carbocycles. The molecule has 2 N–H and O–H groups in total. The molecule has 0 aliphatic rings. The maximum Gasteiger partial charge on any atom is 0.124 e. The van der Waals surface area contributed by atoms with Crippen LogP contribution in [0.5, 0.6) is 0 Å². The van der Waals surface area contributed by atoms with E-state index in [1.165, 1.54) is 17.7 Å². The van der Waals surface area contributed by atoms with Gasteiger partial charge in [-0.15, -0.1) is 0 Å². The first kappa shape index (κ1) is 15.2. The summed E-state index contributed by atoms with van der Waals surface area (Å²) in [4.78, 5) is 0. The lowest BCUT2D eigenvalue weighted by atomic mass is 9.96. The summed E-state index contributed by atoms with van der Waals surface area (Å²) < 4.78 is 14.1. The maximum atomic E-state index is 13.4. The molecule has 1 atom stereocenters. The maximum absolute atomic E-state index is 13.4. The molecule has 0 bridgehead atoms. The highest BCUT2D eigenvalue weighted by Gasteiger charge is 2.09. The highest BCUT2D eigenvalue weighted by atomic mass is 79.9. The summed E-state index contributed by atoms with van der Waals surface area (Å²) in [6.45, 7) is 4.33. The summed E-state index contributed by atoms with van der Waals surface area (Å²) in [5.74, 6) is 0.274. The van der Waals surface area contributed by atoms with Crippen LogP contribution in [0.2, 0.25) is 0 Å². The molecule has 106 valence electrons. The Bertz CT molecular complexity index is 558. The SMILES string of the molecule is CC(C)c1ccc(C(N)Cc2cc(F)cc(Br)c2)cc1. The molecular weight excluding hydrogens is 317 g/mol. The molecule has 0 aromatic heterocycles. The van der Waals surface area contributed by atoms with E-state index in [0.29, 0.717) is 12.3 Å². The Kier molecular flexibility index (Phi) is 4.95. The summed E-state index contributed by atoms with van der Waals surface area (Å²) in [6, 6.07) is 13.1. The van der Waals surface area contributed by atoms with E-state index in [4.69, 9.17) is 5.73 Å². The van der Waals surface area contributed by atoms with E-state index in [0.717, 1.165) is 15.6 Å². The molecule has 0 aliphatic carbocycles. The number of rotatable bonds is 4. The molecule has 0 saturated heterocycles. The molecule has 3 heteroatoms. The molecule has 0 spiro atoms. The second-order valence-electron chi connectivity index (χ2n) is 5.41. The summed E-state index contributed by atoms with van der Waals surface area (Å²) in [6.07, 6.45) is 0.622. The molecule has 0 aliphatic heterocycles. The second-order valence-corrected chi connectivity index (χ2v) is 6.33. The Hall–Kier alpha value is -1.19. The van der Waals surface area contributed by atoms with Crippen LogP contribution < -0.4 is 5.73 Å². The van der Waals surface area contributed by atoms with Crippen LogP contribution in [-0.2, 0) is 6.42 Å². The predicted molar refractivity (Wildman–Crippen MR) is 85.3 cm³/mol. The van der Waals surface area contributed by atoms with Crippen LogP contribution in [0, 0.1) is 5.82 Å². The highest BCUT2D eigenvalue weighted by molar-refractivity contribution is 9.10. The fourth-order valence-corrected chi connectivity index (χ4v) is 2.74. The van der Waals surface area contributed by atoms with Crippen molar-refractivity contribution in [2.24, 2.45) is 5.73 Å². The van der Waals surface area contributed by atoms with Gasteiger partial charge in [-0.3, -0.25) is 0 Å². The van der Waals surface area contributed by atoms with Gasteiger partial charge in [-0.1, -0.05) is 54.0 Å². The number of nitrogens with two attached hydrogens (primary N) is 1. The van der Waals surface area contributed by atoms with Gasteiger partial charge in [-0.2, -0.15) is 0 Å². The Morgan fingerprint density at radius 1 is 1.05 bits per heavy atom. The Balaban J connectivity index is 2.13. The molecule has 2 aromatic carbocycles. The summed E-state index contributed by atoms with van der Waals surface area (Å²) in [5, 5.41) is 0. The van der Waals surface area contributed by atoms with E-state index in [-0.39, 0.29) is 11.9 Å². The van der Waals surface area contributed by atoms with Crippen molar-refractivity contribution in [2.75, 3.05) is 0 Å². The minimum atomic E-state index is -0.239. The topological polar surface area (TPSA) is 26.0 Å². The van der Waals surface area contributed by atoms with Gasteiger partial charge in [-0.25, -0.2) is 4.39 Å². The fourth-order valence-electron chi connectivity index (χ4n) is 2.23. The zero-order chi connectivity index (χ0) is 14.7. The van der Waals surface area contributed by atoms with Crippen LogP contribution in [0.25, 0.3) is 0 Å². The molecule has 0 heterocycles. The minimum absolute atomic E-state index is 0.120. The first-order chi connectivity index (χ1) is 9.45. The number of benzene rings is 2. The Labute approximate surface area is 128 Å². The smallest absolute Gasteiger partial charge is 0.124 e. The van der Waals surface area contributed by atoms with Crippen molar-refractivity contribution in [3.63, 3.8) is 0 Å². The van der Waals surface area contributed by atoms with Crippen molar-refractivity contribution in [3.05, 3.63) is 69.4 Å². The normalized spacial score (nSPS) is 12.7. The summed E-state index contributed by atoms with van der Waals surface area (Å²) >= 11 is 3.30. The third-order valence-electron chi connectivity index (χ3n) is 3.41. The zero-order valence-electron chi connectivity index (χ0n) is 11.7. The van der Waals surface area contributed by atoms with Crippen molar-refractivity contribution in [3.8, 4) is 0 Å². The lowest BCUT2D eigenvalue weighted by molar-refractivity contribution is 0.621. The summed E-state index contributed by atoms with van der Waals surface area (Å²) in [7, 11) is 0. The first-order valence-corrected chi connectivity index (χ1v) is 7.55. The van der Waals surface area contributed by atoms with Crippen molar-refractivity contribution in [2.45, 2.75) is 32.2 Å². The Morgan fingerprint density at radius 3 is 2.20 bits per heavy atom. The molecular formula is C17H19BrFN. The van der Waals surface area contributed by atoms with Crippen LogP contribution >= 0.6 is 15.9 Å². The van der Waals surface area contributed by atoms with Crippen molar-refractivity contribution >= 4 is 15.9 Å². The van der Waals surface area contributed by atoms with Gasteiger partial charge >= 0.3 is 0 Å². The standard InChI is InChI=1S/C17H19BrFN/c1-11(2)13-3-5-14(6-4-13)17(20)9-12-7-15(18)10-16(19)8-12/h3-8,10-11,17H,9,20H2,1-2H3. The fraction of sp³-hybridized carbons (Fsp3) is 0.294. The van der Waals surface area contributed by atoms with Crippen molar-refractivity contribution in [1.82, 2.24) is 0 Å². The van der Waals surface area contributed by atoms with Gasteiger partial charge in [0, 0.05) is 10.5 Å². The minimum Gasteiger partial charge on any atom is -0.324 e. The molecule has 0 amide bonds. The highest BCUT2D eigenvalue weighted by Crippen LogP contribution is 2.22. The molecule has 2 rings (SSSR count). The average molecular weight is 336 g/mol. The first-order valence-electron chi connectivity index (χ1n) is 6.76. The van der Waals surface area contributed by atoms with Gasteiger partial charge in [-0.05, 0) is 47.2 Å². The van der Waals surface area contributed by atoms with E-state index in [2.05, 4.69) is 54.0 Å². The molecule has 0 fully saturated rings. The van der Waals surface area contributed by atoms with Gasteiger partial charge < -0.3 is 5.73 Å². The van der Waals surface area contributed by atoms with Gasteiger partial charge in [0.2, 0.25) is 0 Å². The van der Waals surface area contributed by atoms with E-state index in [1.54, 1.807) is 0 Å². The number of hydrogen-bond acceptors (Lipinski definition) is 1. The molecule has 1 nitrogen and oxygen atoms in total. The van der Waals surface area contributed by atoms with Gasteiger partial charge in [0.15, 0.2) is 0 Å². The van der Waals surface area contributed by atoms with E-state index >= 15 is 0 Å². The van der Waals surface area contributed by atoms with Crippen LogP contribution in [0.3, 0.4) is 0 Å². The van der Waals surface area contributed by atoms with Crippen LogP contribution in [-0.4, -0.2) is 0 Å². The second kappa shape index (κ2) is 6.51. The average Bonchev–Trinajstić information content (AvgIpc) is 2.37. The van der Waals surface area contributed by atoms with Crippen LogP contribution in [0.4, 0.5) is 4.39 Å². The largest absolute Gasteiger partial charge is 0.324 e. The van der Waals surface area contributed by atoms with Gasteiger partial charge in [0.05, 0.1) is 0 Å². The molecule has 1 unspecified atom stereocenters. The van der Waals surface area contributed by atoms with Gasteiger partial charge in [0.1, 0.15) is 5.82 Å². The van der Waals surface area contributed by atoms with E-state index in [9.17, 15) is 4.39 Å². The lowest BCUT2D eigenvalue weighted by Crippen LogP contribution is -2.13. The number of hydrogen-bond donors (Lipinski definition) is 1. The molecule has 20 heavy (non-hydrogen) atoms. The van der Waals surface area contributed by atoms with Crippen molar-refractivity contribution < 1.29 is 4.39 Å². The quantitative estimate of drug-likeness (QED) is 0.840. The monoisotopic (exact) mass is 335 g/mol. The third-order valence-corrected chi connectivity index (χ3v) is 3.87. The van der Waals surface area contributed by atoms with E-state index in [1.807, 2.05) is 6.07 Å². The zero-order valence-corrected chi connectivity index (χ0v) is 13.3. The molecule has 0 radical (unpaired) electrons. The van der Waals surface area contributed by atoms with E-state index < -0.39 is 0 Å². The van der Waals surface area contributed by atoms with Crippen LogP contribution in [0.15, 0.2) is 46.9 Å². The van der Waals surface area contributed by atoms with Crippen molar-refractivity contribution in [1.29, 1.82) is 0 Å². The Morgan fingerprint density at radius 2 is 1.65 bits per heavy atom.